The number of pyridine rings is 1. The highest BCUT2D eigenvalue weighted by atomic mass is 32.1. The van der Waals surface area contributed by atoms with Crippen molar-refractivity contribution < 1.29 is 18.3 Å². The van der Waals surface area contributed by atoms with Crippen molar-refractivity contribution in [3.8, 4) is 0 Å². The Labute approximate surface area is 111 Å². The molecule has 0 aliphatic carbocycles. The molecule has 19 heavy (non-hydrogen) atoms. The molecule has 2 heterocycles. The van der Waals surface area contributed by atoms with Gasteiger partial charge >= 0.3 is 6.18 Å². The molecule has 1 unspecified atom stereocenters. The molecule has 7 heteroatoms. The van der Waals surface area contributed by atoms with Gasteiger partial charge < -0.3 is 5.11 Å². The molecule has 0 aromatic carbocycles. The molecule has 0 aliphatic heterocycles. The summed E-state index contributed by atoms with van der Waals surface area (Å²) in [7, 11) is 0. The summed E-state index contributed by atoms with van der Waals surface area (Å²) in [5, 5.41) is 12.5. The molecule has 0 saturated heterocycles. The minimum Gasteiger partial charge on any atom is -0.386 e. The molecule has 0 bridgehead atoms. The second kappa shape index (κ2) is 5.26. The van der Waals surface area contributed by atoms with E-state index in [1.54, 1.807) is 0 Å². The third-order valence-corrected chi connectivity index (χ3v) is 3.48. The number of rotatable bonds is 3. The average molecular weight is 288 g/mol. The first-order chi connectivity index (χ1) is 8.86. The molecule has 0 radical (unpaired) electrons. The van der Waals surface area contributed by atoms with Crippen LogP contribution in [0.1, 0.15) is 28.1 Å². The molecular formula is C12H11F3N2OS. The number of halogens is 3. The van der Waals surface area contributed by atoms with E-state index in [1.807, 2.05) is 12.3 Å². The first-order valence-electron chi connectivity index (χ1n) is 5.48. The van der Waals surface area contributed by atoms with Crippen molar-refractivity contribution in [3.63, 3.8) is 0 Å². The lowest BCUT2D eigenvalue weighted by atomic mass is 10.1. The molecule has 0 saturated carbocycles. The summed E-state index contributed by atoms with van der Waals surface area (Å²) in [5.41, 5.74) is 0.238. The first kappa shape index (κ1) is 14.0. The Hall–Kier alpha value is -1.47. The van der Waals surface area contributed by atoms with E-state index in [1.165, 1.54) is 17.4 Å². The van der Waals surface area contributed by atoms with Crippen molar-refractivity contribution in [1.82, 2.24) is 9.97 Å². The zero-order chi connectivity index (χ0) is 14.0. The standard InChI is InChI=1S/C12H11F3N2OS/c1-7-6-19-11(17-7)4-10(18)9-3-2-8(5-16-9)12(13,14)15/h2-3,5-6,10,18H,4H2,1H3. The maximum Gasteiger partial charge on any atom is 0.417 e. The van der Waals surface area contributed by atoms with Crippen LogP contribution < -0.4 is 0 Å². The molecule has 0 amide bonds. The van der Waals surface area contributed by atoms with Crippen molar-refractivity contribution >= 4 is 11.3 Å². The lowest BCUT2D eigenvalue weighted by Crippen LogP contribution is -2.08. The van der Waals surface area contributed by atoms with Crippen LogP contribution in [0.15, 0.2) is 23.7 Å². The third-order valence-electron chi connectivity index (χ3n) is 2.49. The third kappa shape index (κ3) is 3.51. The van der Waals surface area contributed by atoms with Gasteiger partial charge in [0, 0.05) is 23.7 Å². The maximum absolute atomic E-state index is 12.4. The van der Waals surface area contributed by atoms with Crippen LogP contribution in [0.25, 0.3) is 0 Å². The summed E-state index contributed by atoms with van der Waals surface area (Å²) >= 11 is 1.40. The van der Waals surface area contributed by atoms with E-state index in [4.69, 9.17) is 0 Å². The van der Waals surface area contributed by atoms with Crippen LogP contribution in [0.5, 0.6) is 0 Å². The summed E-state index contributed by atoms with van der Waals surface area (Å²) in [6.45, 7) is 1.84. The van der Waals surface area contributed by atoms with Gasteiger partial charge in [0.15, 0.2) is 0 Å². The number of hydrogen-bond donors (Lipinski definition) is 1. The molecule has 2 rings (SSSR count). The van der Waals surface area contributed by atoms with Gasteiger partial charge in [0.1, 0.15) is 6.10 Å². The fourth-order valence-corrected chi connectivity index (χ4v) is 2.35. The Bertz CT molecular complexity index is 551. The highest BCUT2D eigenvalue weighted by molar-refractivity contribution is 7.09. The van der Waals surface area contributed by atoms with Crippen LogP contribution in [0.4, 0.5) is 13.2 Å². The Kier molecular flexibility index (Phi) is 3.86. The molecule has 102 valence electrons. The molecular weight excluding hydrogens is 277 g/mol. The molecule has 0 spiro atoms. The van der Waals surface area contributed by atoms with E-state index in [0.717, 1.165) is 23.0 Å². The second-order valence-electron chi connectivity index (χ2n) is 4.07. The lowest BCUT2D eigenvalue weighted by Gasteiger charge is -2.10. The average Bonchev–Trinajstić information content (AvgIpc) is 2.74. The van der Waals surface area contributed by atoms with Crippen molar-refractivity contribution in [2.24, 2.45) is 0 Å². The van der Waals surface area contributed by atoms with E-state index in [-0.39, 0.29) is 12.1 Å². The molecule has 0 fully saturated rings. The second-order valence-corrected chi connectivity index (χ2v) is 5.01. The van der Waals surface area contributed by atoms with Crippen molar-refractivity contribution in [2.45, 2.75) is 25.6 Å². The van der Waals surface area contributed by atoms with Crippen LogP contribution in [-0.2, 0) is 12.6 Å². The Morgan fingerprint density at radius 2 is 2.11 bits per heavy atom. The quantitative estimate of drug-likeness (QED) is 0.943. The number of nitrogens with zero attached hydrogens (tertiary/aromatic N) is 2. The van der Waals surface area contributed by atoms with Gasteiger partial charge in [-0.1, -0.05) is 0 Å². The number of alkyl halides is 3. The van der Waals surface area contributed by atoms with Crippen molar-refractivity contribution in [1.29, 1.82) is 0 Å². The van der Waals surface area contributed by atoms with Gasteiger partial charge in [-0.3, -0.25) is 4.98 Å². The van der Waals surface area contributed by atoms with Gasteiger partial charge in [0.25, 0.3) is 0 Å². The van der Waals surface area contributed by atoms with Gasteiger partial charge in [0.05, 0.1) is 16.3 Å². The molecule has 2 aromatic rings. The summed E-state index contributed by atoms with van der Waals surface area (Å²) in [5.74, 6) is 0. The molecule has 3 nitrogen and oxygen atoms in total. The van der Waals surface area contributed by atoms with Crippen LogP contribution in [0, 0.1) is 6.92 Å². The zero-order valence-electron chi connectivity index (χ0n) is 9.98. The van der Waals surface area contributed by atoms with Gasteiger partial charge in [-0.25, -0.2) is 4.98 Å². The van der Waals surface area contributed by atoms with Crippen LogP contribution in [0.3, 0.4) is 0 Å². The highest BCUT2D eigenvalue weighted by Gasteiger charge is 2.30. The molecule has 0 aliphatic rings. The maximum atomic E-state index is 12.4. The predicted octanol–water partition coefficient (Wildman–Crippen LogP) is 3.14. The summed E-state index contributed by atoms with van der Waals surface area (Å²) in [6, 6.07) is 2.10. The van der Waals surface area contributed by atoms with Gasteiger partial charge in [0.2, 0.25) is 0 Å². The zero-order valence-corrected chi connectivity index (χ0v) is 10.8. The van der Waals surface area contributed by atoms with Crippen molar-refractivity contribution in [2.75, 3.05) is 0 Å². The van der Waals surface area contributed by atoms with Crippen LogP contribution >= 0.6 is 11.3 Å². The summed E-state index contributed by atoms with van der Waals surface area (Å²) < 4.78 is 37.1. The number of aliphatic hydroxyl groups is 1. The first-order valence-corrected chi connectivity index (χ1v) is 6.36. The number of thiazole rings is 1. The number of hydrogen-bond acceptors (Lipinski definition) is 4. The Balaban J connectivity index is 2.09. The number of aromatic nitrogens is 2. The largest absolute Gasteiger partial charge is 0.417 e. The van der Waals surface area contributed by atoms with E-state index in [9.17, 15) is 18.3 Å². The van der Waals surface area contributed by atoms with Gasteiger partial charge in [-0.15, -0.1) is 11.3 Å². The van der Waals surface area contributed by atoms with Gasteiger partial charge in [-0.2, -0.15) is 13.2 Å². The van der Waals surface area contributed by atoms with E-state index < -0.39 is 17.8 Å². The summed E-state index contributed by atoms with van der Waals surface area (Å²) in [6.07, 6.45) is -4.39. The molecule has 1 N–H and O–H groups in total. The van der Waals surface area contributed by atoms with Crippen LogP contribution in [0.2, 0.25) is 0 Å². The van der Waals surface area contributed by atoms with E-state index >= 15 is 0 Å². The SMILES string of the molecule is Cc1csc(CC(O)c2ccc(C(F)(F)F)cn2)n1. The highest BCUT2D eigenvalue weighted by Crippen LogP contribution is 2.29. The molecule has 1 atom stereocenters. The smallest absolute Gasteiger partial charge is 0.386 e. The minimum absolute atomic E-state index is 0.209. The van der Waals surface area contributed by atoms with Crippen LogP contribution in [-0.4, -0.2) is 15.1 Å². The fraction of sp³-hybridized carbons (Fsp3) is 0.333. The minimum atomic E-state index is -4.41. The molecule has 2 aromatic heterocycles. The lowest BCUT2D eigenvalue weighted by molar-refractivity contribution is -0.137. The Morgan fingerprint density at radius 3 is 2.58 bits per heavy atom. The van der Waals surface area contributed by atoms with E-state index in [2.05, 4.69) is 9.97 Å². The van der Waals surface area contributed by atoms with Gasteiger partial charge in [-0.05, 0) is 19.1 Å². The van der Waals surface area contributed by atoms with Crippen molar-refractivity contribution in [3.05, 3.63) is 45.7 Å². The van der Waals surface area contributed by atoms with E-state index in [0.29, 0.717) is 0 Å². The topological polar surface area (TPSA) is 46.0 Å². The predicted molar refractivity (Wildman–Crippen MR) is 64.8 cm³/mol. The monoisotopic (exact) mass is 288 g/mol. The fourth-order valence-electron chi connectivity index (χ4n) is 1.54. The number of aryl methyl sites for hydroxylation is 1. The Morgan fingerprint density at radius 1 is 1.37 bits per heavy atom. The normalized spacial score (nSPS) is 13.5. The number of aliphatic hydroxyl groups excluding tert-OH is 1. The summed E-state index contributed by atoms with van der Waals surface area (Å²) in [4.78, 5) is 7.84.